The minimum atomic E-state index is 0.258. The van der Waals surface area contributed by atoms with Gasteiger partial charge < -0.3 is 10.2 Å². The van der Waals surface area contributed by atoms with Crippen LogP contribution >= 0.6 is 15.9 Å². The topological polar surface area (TPSA) is 46.0 Å². The van der Waals surface area contributed by atoms with E-state index in [1.54, 1.807) is 0 Å². The summed E-state index contributed by atoms with van der Waals surface area (Å²) in [4.78, 5) is 6.59. The molecule has 0 aliphatic heterocycles. The number of pyridine rings is 1. The molecular weight excluding hydrogens is 318 g/mol. The van der Waals surface area contributed by atoms with Crippen LogP contribution in [0.25, 0.3) is 0 Å². The third-order valence-corrected chi connectivity index (χ3v) is 3.67. The van der Waals surface area contributed by atoms with E-state index in [-0.39, 0.29) is 6.04 Å². The SMILES string of the molecule is Cc1cc(Br)cnc1NC[C@H](c1cnn(C)c1)N(C)C. The van der Waals surface area contributed by atoms with Crippen LogP contribution in [0.1, 0.15) is 17.2 Å². The highest BCUT2D eigenvalue weighted by Gasteiger charge is 2.16. The minimum Gasteiger partial charge on any atom is -0.368 e. The summed E-state index contributed by atoms with van der Waals surface area (Å²) in [5.74, 6) is 0.920. The Kier molecular flexibility index (Phi) is 4.77. The van der Waals surface area contributed by atoms with Crippen LogP contribution in [0.3, 0.4) is 0 Å². The fourth-order valence-corrected chi connectivity index (χ4v) is 2.58. The van der Waals surface area contributed by atoms with Gasteiger partial charge in [0, 0.05) is 36.0 Å². The van der Waals surface area contributed by atoms with Crippen molar-refractivity contribution in [1.82, 2.24) is 19.7 Å². The van der Waals surface area contributed by atoms with Crippen LogP contribution in [0, 0.1) is 6.92 Å². The smallest absolute Gasteiger partial charge is 0.128 e. The van der Waals surface area contributed by atoms with E-state index in [0.717, 1.165) is 22.4 Å². The maximum atomic E-state index is 4.41. The van der Waals surface area contributed by atoms with E-state index < -0.39 is 0 Å². The number of aryl methyl sites for hydroxylation is 2. The average Bonchev–Trinajstić information content (AvgIpc) is 2.78. The van der Waals surface area contributed by atoms with Crippen molar-refractivity contribution >= 4 is 21.7 Å². The van der Waals surface area contributed by atoms with Gasteiger partial charge in [0.15, 0.2) is 0 Å². The van der Waals surface area contributed by atoms with Crippen molar-refractivity contribution in [3.8, 4) is 0 Å². The van der Waals surface area contributed by atoms with Gasteiger partial charge in [-0.2, -0.15) is 5.10 Å². The Morgan fingerprint density at radius 3 is 2.70 bits per heavy atom. The van der Waals surface area contributed by atoms with Gasteiger partial charge in [0.05, 0.1) is 12.2 Å². The second-order valence-electron chi connectivity index (χ2n) is 5.13. The van der Waals surface area contributed by atoms with Crippen LogP contribution in [-0.2, 0) is 7.05 Å². The van der Waals surface area contributed by atoms with Gasteiger partial charge in [0.25, 0.3) is 0 Å². The highest BCUT2D eigenvalue weighted by atomic mass is 79.9. The predicted octanol–water partition coefficient (Wildman–Crippen LogP) is 2.60. The number of nitrogens with one attached hydrogen (secondary N) is 1. The lowest BCUT2D eigenvalue weighted by Crippen LogP contribution is -2.27. The molecule has 5 nitrogen and oxygen atoms in total. The molecule has 0 saturated carbocycles. The van der Waals surface area contributed by atoms with Gasteiger partial charge in [-0.3, -0.25) is 4.68 Å². The Labute approximate surface area is 128 Å². The molecule has 0 aliphatic carbocycles. The quantitative estimate of drug-likeness (QED) is 0.910. The zero-order valence-electron chi connectivity index (χ0n) is 12.3. The van der Waals surface area contributed by atoms with Gasteiger partial charge >= 0.3 is 0 Å². The predicted molar refractivity (Wildman–Crippen MR) is 84.8 cm³/mol. The van der Waals surface area contributed by atoms with Gasteiger partial charge in [0.1, 0.15) is 5.82 Å². The summed E-state index contributed by atoms with van der Waals surface area (Å²) >= 11 is 3.43. The zero-order valence-corrected chi connectivity index (χ0v) is 13.8. The Hall–Kier alpha value is -1.40. The minimum absolute atomic E-state index is 0.258. The number of anilines is 1. The Bertz CT molecular complexity index is 579. The number of halogens is 1. The summed E-state index contributed by atoms with van der Waals surface area (Å²) < 4.78 is 2.83. The fourth-order valence-electron chi connectivity index (χ4n) is 2.13. The second kappa shape index (κ2) is 6.37. The van der Waals surface area contributed by atoms with Crippen LogP contribution in [0.15, 0.2) is 29.1 Å². The molecule has 2 aromatic heterocycles. The van der Waals surface area contributed by atoms with Crippen molar-refractivity contribution in [1.29, 1.82) is 0 Å². The molecule has 0 aromatic carbocycles. The first kappa shape index (κ1) is 15.0. The molecule has 0 fully saturated rings. The van der Waals surface area contributed by atoms with Gasteiger partial charge in [-0.1, -0.05) is 0 Å². The number of hydrogen-bond donors (Lipinski definition) is 1. The molecule has 2 rings (SSSR count). The van der Waals surface area contributed by atoms with Crippen LogP contribution in [0.4, 0.5) is 5.82 Å². The van der Waals surface area contributed by atoms with Crippen LogP contribution in [0.5, 0.6) is 0 Å². The van der Waals surface area contributed by atoms with Gasteiger partial charge in [-0.25, -0.2) is 4.98 Å². The summed E-state index contributed by atoms with van der Waals surface area (Å²) in [5, 5.41) is 7.66. The van der Waals surface area contributed by atoms with Gasteiger partial charge in [-0.15, -0.1) is 0 Å². The maximum Gasteiger partial charge on any atom is 0.128 e. The van der Waals surface area contributed by atoms with Crippen molar-refractivity contribution < 1.29 is 0 Å². The van der Waals surface area contributed by atoms with Crippen LogP contribution in [-0.4, -0.2) is 40.3 Å². The molecule has 0 radical (unpaired) electrons. The lowest BCUT2D eigenvalue weighted by Gasteiger charge is -2.24. The van der Waals surface area contributed by atoms with Gasteiger partial charge in [0.2, 0.25) is 0 Å². The van der Waals surface area contributed by atoms with Crippen molar-refractivity contribution in [3.05, 3.63) is 40.3 Å². The highest BCUT2D eigenvalue weighted by molar-refractivity contribution is 9.10. The molecule has 20 heavy (non-hydrogen) atoms. The van der Waals surface area contributed by atoms with Crippen molar-refractivity contribution in [2.24, 2.45) is 7.05 Å². The molecule has 2 heterocycles. The van der Waals surface area contributed by atoms with E-state index in [1.165, 1.54) is 5.56 Å². The average molecular weight is 338 g/mol. The largest absolute Gasteiger partial charge is 0.368 e. The molecule has 0 amide bonds. The maximum absolute atomic E-state index is 4.41. The van der Waals surface area contributed by atoms with Crippen LogP contribution in [0.2, 0.25) is 0 Å². The normalized spacial score (nSPS) is 12.7. The standard InChI is InChI=1S/C14H20BrN5/c1-10-5-12(15)7-16-14(10)17-8-13(19(2)3)11-6-18-20(4)9-11/h5-7,9,13H,8H2,1-4H3,(H,16,17)/t13-/m1/s1. The lowest BCUT2D eigenvalue weighted by molar-refractivity contribution is 0.311. The molecule has 0 saturated heterocycles. The molecule has 1 atom stereocenters. The molecule has 0 unspecified atom stereocenters. The van der Waals surface area contributed by atoms with E-state index >= 15 is 0 Å². The number of nitrogens with zero attached hydrogens (tertiary/aromatic N) is 4. The molecular formula is C14H20BrN5. The highest BCUT2D eigenvalue weighted by Crippen LogP contribution is 2.20. The first-order valence-electron chi connectivity index (χ1n) is 6.48. The number of rotatable bonds is 5. The molecule has 2 aromatic rings. The summed E-state index contributed by atoms with van der Waals surface area (Å²) in [7, 11) is 6.08. The Balaban J connectivity index is 2.10. The summed E-state index contributed by atoms with van der Waals surface area (Å²) in [6.45, 7) is 2.84. The van der Waals surface area contributed by atoms with E-state index in [1.807, 2.05) is 30.3 Å². The van der Waals surface area contributed by atoms with Gasteiger partial charge in [-0.05, 0) is 48.6 Å². The van der Waals surface area contributed by atoms with Crippen LogP contribution < -0.4 is 5.32 Å². The molecule has 108 valence electrons. The first-order valence-corrected chi connectivity index (χ1v) is 7.27. The fraction of sp³-hybridized carbons (Fsp3) is 0.429. The second-order valence-corrected chi connectivity index (χ2v) is 6.04. The molecule has 6 heteroatoms. The van der Waals surface area contributed by atoms with E-state index in [4.69, 9.17) is 0 Å². The van der Waals surface area contributed by atoms with Crippen molar-refractivity contribution in [2.75, 3.05) is 26.0 Å². The summed E-state index contributed by atoms with van der Waals surface area (Å²) in [6, 6.07) is 2.32. The Morgan fingerprint density at radius 1 is 1.40 bits per heavy atom. The number of hydrogen-bond acceptors (Lipinski definition) is 4. The van der Waals surface area contributed by atoms with E-state index in [0.29, 0.717) is 0 Å². The zero-order chi connectivity index (χ0) is 14.7. The van der Waals surface area contributed by atoms with Crippen molar-refractivity contribution in [2.45, 2.75) is 13.0 Å². The molecule has 0 spiro atoms. The molecule has 1 N–H and O–H groups in total. The number of aromatic nitrogens is 3. The summed E-state index contributed by atoms with van der Waals surface area (Å²) in [6.07, 6.45) is 5.77. The molecule has 0 bridgehead atoms. The van der Waals surface area contributed by atoms with Crippen molar-refractivity contribution in [3.63, 3.8) is 0 Å². The third kappa shape index (κ3) is 3.58. The summed E-state index contributed by atoms with van der Waals surface area (Å²) in [5.41, 5.74) is 2.32. The third-order valence-electron chi connectivity index (χ3n) is 3.24. The Morgan fingerprint density at radius 2 is 2.15 bits per heavy atom. The lowest BCUT2D eigenvalue weighted by atomic mass is 10.1. The monoisotopic (exact) mass is 337 g/mol. The van der Waals surface area contributed by atoms with E-state index in [9.17, 15) is 0 Å². The van der Waals surface area contributed by atoms with E-state index in [2.05, 4.69) is 63.3 Å². The first-order chi connectivity index (χ1) is 9.47. The number of likely N-dealkylation sites (N-methyl/N-ethyl adjacent to an activating group) is 1. The molecule has 0 aliphatic rings.